The third kappa shape index (κ3) is 3.89. The molecule has 1 heterocycles. The molecule has 17 heavy (non-hydrogen) atoms. The molecular formula is C10H9ClF3NOS. The predicted molar refractivity (Wildman–Crippen MR) is 61.6 cm³/mol. The van der Waals surface area contributed by atoms with Crippen LogP contribution in [0.25, 0.3) is 0 Å². The molecule has 0 atom stereocenters. The van der Waals surface area contributed by atoms with Gasteiger partial charge in [-0.2, -0.15) is 24.9 Å². The highest BCUT2D eigenvalue weighted by atomic mass is 35.5. The highest BCUT2D eigenvalue weighted by Crippen LogP contribution is 2.29. The Hall–Kier alpha value is -0.750. The Morgan fingerprint density at radius 3 is 2.59 bits per heavy atom. The summed E-state index contributed by atoms with van der Waals surface area (Å²) in [4.78, 5) is 14.8. The second-order valence-corrected chi connectivity index (χ2v) is 4.54. The maximum atomic E-state index is 12.3. The summed E-state index contributed by atoms with van der Waals surface area (Å²) in [5, 5.41) is -0.397. The van der Waals surface area contributed by atoms with Crippen LogP contribution in [0.1, 0.15) is 22.5 Å². The molecule has 94 valence electrons. The van der Waals surface area contributed by atoms with E-state index in [2.05, 4.69) is 4.98 Å². The lowest BCUT2D eigenvalue weighted by atomic mass is 10.1. The molecule has 0 saturated carbocycles. The Morgan fingerprint density at radius 2 is 2.12 bits per heavy atom. The van der Waals surface area contributed by atoms with E-state index in [-0.39, 0.29) is 17.8 Å². The van der Waals surface area contributed by atoms with Crippen LogP contribution < -0.4 is 0 Å². The molecule has 0 saturated heterocycles. The molecule has 0 aromatic carbocycles. The summed E-state index contributed by atoms with van der Waals surface area (Å²) in [6.45, 7) is 0. The van der Waals surface area contributed by atoms with Crippen molar-refractivity contribution in [2.24, 2.45) is 0 Å². The summed E-state index contributed by atoms with van der Waals surface area (Å²) in [6, 6.07) is 1.83. The fourth-order valence-electron chi connectivity index (χ4n) is 1.13. The molecule has 0 amide bonds. The largest absolute Gasteiger partial charge is 0.433 e. The zero-order valence-electron chi connectivity index (χ0n) is 8.84. The van der Waals surface area contributed by atoms with Crippen LogP contribution in [0.15, 0.2) is 12.1 Å². The number of rotatable bonds is 4. The SMILES string of the molecule is CSCCC(=O)c1ccc(C(F)(F)F)nc1Cl. The molecule has 0 radical (unpaired) electrons. The van der Waals surface area contributed by atoms with Crippen LogP contribution >= 0.6 is 23.4 Å². The third-order valence-corrected chi connectivity index (χ3v) is 2.87. The zero-order chi connectivity index (χ0) is 13.1. The number of halogens is 4. The molecular weight excluding hydrogens is 275 g/mol. The average molecular weight is 284 g/mol. The Balaban J connectivity index is 2.94. The second kappa shape index (κ2) is 5.73. The Bertz CT molecular complexity index is 423. The first-order valence-corrected chi connectivity index (χ1v) is 6.39. The van der Waals surface area contributed by atoms with Gasteiger partial charge in [0.05, 0.1) is 5.56 Å². The molecule has 1 rings (SSSR count). The van der Waals surface area contributed by atoms with E-state index in [1.165, 1.54) is 11.8 Å². The van der Waals surface area contributed by atoms with Crippen molar-refractivity contribution in [3.05, 3.63) is 28.5 Å². The predicted octanol–water partition coefficient (Wildman–Crippen LogP) is 3.69. The number of ketones is 1. The first kappa shape index (κ1) is 14.3. The molecule has 0 unspecified atom stereocenters. The van der Waals surface area contributed by atoms with E-state index in [0.717, 1.165) is 12.1 Å². The minimum Gasteiger partial charge on any atom is -0.294 e. The van der Waals surface area contributed by atoms with Crippen molar-refractivity contribution in [2.75, 3.05) is 12.0 Å². The number of carbonyl (C=O) groups is 1. The Morgan fingerprint density at radius 1 is 1.47 bits per heavy atom. The molecule has 0 aliphatic heterocycles. The van der Waals surface area contributed by atoms with E-state index >= 15 is 0 Å². The first-order valence-electron chi connectivity index (χ1n) is 4.62. The Labute approximate surface area is 106 Å². The number of aromatic nitrogens is 1. The smallest absolute Gasteiger partial charge is 0.294 e. The molecule has 1 aromatic heterocycles. The van der Waals surface area contributed by atoms with Crippen LogP contribution in [0.3, 0.4) is 0 Å². The molecule has 0 aliphatic rings. The van der Waals surface area contributed by atoms with Crippen LogP contribution in [-0.2, 0) is 6.18 Å². The van der Waals surface area contributed by atoms with Crippen molar-refractivity contribution in [2.45, 2.75) is 12.6 Å². The van der Waals surface area contributed by atoms with Crippen molar-refractivity contribution >= 4 is 29.1 Å². The third-order valence-electron chi connectivity index (χ3n) is 1.97. The van der Waals surface area contributed by atoms with E-state index in [1.54, 1.807) is 0 Å². The highest BCUT2D eigenvalue weighted by Gasteiger charge is 2.33. The molecule has 0 spiro atoms. The van der Waals surface area contributed by atoms with Crippen molar-refractivity contribution in [1.29, 1.82) is 0 Å². The summed E-state index contributed by atoms with van der Waals surface area (Å²) in [5.74, 6) is 0.293. The number of Topliss-reactive ketones (excluding diaryl/α,β-unsaturated/α-hetero) is 1. The van der Waals surface area contributed by atoms with Gasteiger partial charge in [0.1, 0.15) is 10.8 Å². The number of hydrogen-bond acceptors (Lipinski definition) is 3. The van der Waals surface area contributed by atoms with Gasteiger partial charge in [-0.25, -0.2) is 4.98 Å². The van der Waals surface area contributed by atoms with Gasteiger partial charge in [0, 0.05) is 12.2 Å². The molecule has 1 aromatic rings. The quantitative estimate of drug-likeness (QED) is 0.623. The van der Waals surface area contributed by atoms with Gasteiger partial charge in [-0.1, -0.05) is 11.6 Å². The van der Waals surface area contributed by atoms with Crippen LogP contribution in [0.5, 0.6) is 0 Å². The summed E-state index contributed by atoms with van der Waals surface area (Å²) in [5.41, 5.74) is -1.06. The van der Waals surface area contributed by atoms with Gasteiger partial charge in [0.25, 0.3) is 0 Å². The van der Waals surface area contributed by atoms with Gasteiger partial charge in [-0.3, -0.25) is 4.79 Å². The monoisotopic (exact) mass is 283 g/mol. The number of carbonyl (C=O) groups excluding carboxylic acids is 1. The van der Waals surface area contributed by atoms with E-state index < -0.39 is 17.0 Å². The molecule has 0 fully saturated rings. The average Bonchev–Trinajstić information content (AvgIpc) is 2.24. The lowest BCUT2D eigenvalue weighted by Gasteiger charge is -2.08. The fraction of sp³-hybridized carbons (Fsp3) is 0.400. The van der Waals surface area contributed by atoms with Gasteiger partial charge in [0.15, 0.2) is 5.78 Å². The van der Waals surface area contributed by atoms with Crippen LogP contribution in [0.4, 0.5) is 13.2 Å². The first-order chi connectivity index (χ1) is 7.86. The van der Waals surface area contributed by atoms with Crippen LogP contribution in [-0.4, -0.2) is 22.8 Å². The van der Waals surface area contributed by atoms with Gasteiger partial charge in [-0.15, -0.1) is 0 Å². The molecule has 0 N–H and O–H groups in total. The van der Waals surface area contributed by atoms with E-state index in [4.69, 9.17) is 11.6 Å². The summed E-state index contributed by atoms with van der Waals surface area (Å²) in [6.07, 6.45) is -2.49. The van der Waals surface area contributed by atoms with Gasteiger partial charge < -0.3 is 0 Å². The van der Waals surface area contributed by atoms with E-state index in [0.29, 0.717) is 5.75 Å². The number of hydrogen-bond donors (Lipinski definition) is 0. The molecule has 7 heteroatoms. The summed E-state index contributed by atoms with van der Waals surface area (Å²) >= 11 is 7.04. The summed E-state index contributed by atoms with van der Waals surface area (Å²) in [7, 11) is 0. The zero-order valence-corrected chi connectivity index (χ0v) is 10.4. The maximum Gasteiger partial charge on any atom is 0.433 e. The van der Waals surface area contributed by atoms with Gasteiger partial charge in [0.2, 0.25) is 0 Å². The normalized spacial score (nSPS) is 11.6. The van der Waals surface area contributed by atoms with E-state index in [1.807, 2.05) is 6.26 Å². The maximum absolute atomic E-state index is 12.3. The molecule has 2 nitrogen and oxygen atoms in total. The van der Waals surface area contributed by atoms with Crippen LogP contribution in [0.2, 0.25) is 5.15 Å². The lowest BCUT2D eigenvalue weighted by molar-refractivity contribution is -0.141. The van der Waals surface area contributed by atoms with Crippen molar-refractivity contribution < 1.29 is 18.0 Å². The summed E-state index contributed by atoms with van der Waals surface area (Å²) < 4.78 is 36.9. The minimum atomic E-state index is -4.55. The molecule has 0 aliphatic carbocycles. The number of nitrogens with zero attached hydrogens (tertiary/aromatic N) is 1. The minimum absolute atomic E-state index is 0.0358. The number of thioether (sulfide) groups is 1. The number of alkyl halides is 3. The number of pyridine rings is 1. The van der Waals surface area contributed by atoms with E-state index in [9.17, 15) is 18.0 Å². The van der Waals surface area contributed by atoms with Gasteiger partial charge >= 0.3 is 6.18 Å². The highest BCUT2D eigenvalue weighted by molar-refractivity contribution is 7.98. The lowest BCUT2D eigenvalue weighted by Crippen LogP contribution is -2.10. The fourth-order valence-corrected chi connectivity index (χ4v) is 1.78. The van der Waals surface area contributed by atoms with Crippen molar-refractivity contribution in [3.63, 3.8) is 0 Å². The van der Waals surface area contributed by atoms with Crippen molar-refractivity contribution in [1.82, 2.24) is 4.98 Å². The second-order valence-electron chi connectivity index (χ2n) is 3.20. The van der Waals surface area contributed by atoms with Gasteiger partial charge in [-0.05, 0) is 18.4 Å². The standard InChI is InChI=1S/C10H9ClF3NOS/c1-17-5-4-7(16)6-2-3-8(10(12,13)14)15-9(6)11/h2-3H,4-5H2,1H3. The topological polar surface area (TPSA) is 30.0 Å². The molecule has 0 bridgehead atoms. The Kier molecular flexibility index (Phi) is 4.82. The van der Waals surface area contributed by atoms with Crippen LogP contribution in [0, 0.1) is 0 Å². The van der Waals surface area contributed by atoms with Crippen molar-refractivity contribution in [3.8, 4) is 0 Å².